The molecule has 1 saturated carbocycles. The van der Waals surface area contributed by atoms with Crippen LogP contribution in [0.3, 0.4) is 0 Å². The first-order valence-corrected chi connectivity index (χ1v) is 6.68. The van der Waals surface area contributed by atoms with Crippen LogP contribution in [0.1, 0.15) is 27.7 Å². The second-order valence-electron chi connectivity index (χ2n) is 6.34. The maximum Gasteiger partial charge on any atom is 0.205 e. The van der Waals surface area contributed by atoms with Gasteiger partial charge < -0.3 is 10.5 Å². The van der Waals surface area contributed by atoms with Crippen LogP contribution < -0.4 is 10.5 Å². The van der Waals surface area contributed by atoms with Crippen molar-refractivity contribution in [2.45, 2.75) is 39.8 Å². The Morgan fingerprint density at radius 2 is 1.84 bits per heavy atom. The van der Waals surface area contributed by atoms with E-state index in [1.54, 1.807) is 18.2 Å². The number of rotatable bonds is 2. The van der Waals surface area contributed by atoms with Gasteiger partial charge in [-0.05, 0) is 12.1 Å². The molecule has 1 aromatic rings. The van der Waals surface area contributed by atoms with Gasteiger partial charge in [0.15, 0.2) is 0 Å². The zero-order chi connectivity index (χ0) is 14.4. The predicted octanol–water partition coefficient (Wildman–Crippen LogP) is 4.03. The lowest BCUT2D eigenvalue weighted by Crippen LogP contribution is -2.72. The van der Waals surface area contributed by atoms with Crippen LogP contribution in [0.2, 0.25) is 5.02 Å². The van der Waals surface area contributed by atoms with Crippen LogP contribution in [-0.4, -0.2) is 12.1 Å². The second kappa shape index (κ2) is 4.40. The molecule has 0 bridgehead atoms. The van der Waals surface area contributed by atoms with Crippen molar-refractivity contribution in [3.63, 3.8) is 0 Å². The molecule has 0 radical (unpaired) electrons. The fraction of sp³-hybridized carbons (Fsp3) is 0.533. The number of nitrogens with two attached hydrogens (primary N) is 1. The summed E-state index contributed by atoms with van der Waals surface area (Å²) in [5.41, 5.74) is 6.50. The number of halogens is 1. The minimum Gasteiger partial charge on any atom is -0.489 e. The SMILES string of the molecule is [C-]#[N+]c1ccc(OC2C(C)(C)C(N)C2(C)C)cc1Cl. The Morgan fingerprint density at radius 3 is 2.32 bits per heavy atom. The minimum absolute atomic E-state index is 0.0323. The van der Waals surface area contributed by atoms with Crippen molar-refractivity contribution in [3.05, 3.63) is 34.6 Å². The van der Waals surface area contributed by atoms with Crippen LogP contribution in [0.4, 0.5) is 5.69 Å². The van der Waals surface area contributed by atoms with Crippen LogP contribution in [0.5, 0.6) is 5.75 Å². The number of hydrogen-bond acceptors (Lipinski definition) is 2. The Hall–Kier alpha value is -1.24. The van der Waals surface area contributed by atoms with Crippen molar-refractivity contribution >= 4 is 17.3 Å². The highest BCUT2D eigenvalue weighted by Gasteiger charge is 2.61. The van der Waals surface area contributed by atoms with Crippen molar-refractivity contribution < 1.29 is 4.74 Å². The lowest BCUT2D eigenvalue weighted by atomic mass is 9.50. The van der Waals surface area contributed by atoms with Gasteiger partial charge in [0.25, 0.3) is 0 Å². The summed E-state index contributed by atoms with van der Waals surface area (Å²) in [4.78, 5) is 3.34. The number of hydrogen-bond donors (Lipinski definition) is 1. The van der Waals surface area contributed by atoms with Crippen LogP contribution in [-0.2, 0) is 0 Å². The quantitative estimate of drug-likeness (QED) is 0.830. The molecule has 2 N–H and O–H groups in total. The summed E-state index contributed by atoms with van der Waals surface area (Å²) in [6, 6.07) is 5.27. The zero-order valence-corrected chi connectivity index (χ0v) is 12.5. The average Bonchev–Trinajstić information content (AvgIpc) is 2.34. The van der Waals surface area contributed by atoms with Gasteiger partial charge in [0.2, 0.25) is 5.69 Å². The fourth-order valence-electron chi connectivity index (χ4n) is 3.24. The van der Waals surface area contributed by atoms with Gasteiger partial charge >= 0.3 is 0 Å². The van der Waals surface area contributed by atoms with E-state index in [0.717, 1.165) is 0 Å². The molecule has 4 heteroatoms. The molecule has 102 valence electrons. The van der Waals surface area contributed by atoms with Gasteiger partial charge in [-0.1, -0.05) is 45.4 Å². The molecule has 0 spiro atoms. The molecular weight excluding hydrogens is 260 g/mol. The number of benzene rings is 1. The van der Waals surface area contributed by atoms with Crippen LogP contribution >= 0.6 is 11.6 Å². The summed E-state index contributed by atoms with van der Waals surface area (Å²) in [6.07, 6.45) is 0.0323. The Kier molecular flexibility index (Phi) is 3.28. The van der Waals surface area contributed by atoms with E-state index in [1.807, 2.05) is 0 Å². The van der Waals surface area contributed by atoms with E-state index < -0.39 is 0 Å². The van der Waals surface area contributed by atoms with Gasteiger partial charge in [-0.25, -0.2) is 4.85 Å². The summed E-state index contributed by atoms with van der Waals surface area (Å²) in [5.74, 6) is 0.690. The number of ether oxygens (including phenoxy) is 1. The van der Waals surface area contributed by atoms with Crippen molar-refractivity contribution in [1.82, 2.24) is 0 Å². The van der Waals surface area contributed by atoms with E-state index in [4.69, 9.17) is 28.6 Å². The predicted molar refractivity (Wildman–Crippen MR) is 77.7 cm³/mol. The lowest BCUT2D eigenvalue weighted by Gasteiger charge is -2.61. The monoisotopic (exact) mass is 278 g/mol. The first kappa shape index (κ1) is 14.2. The molecule has 0 saturated heterocycles. The minimum atomic E-state index is -0.0750. The first-order valence-electron chi connectivity index (χ1n) is 6.30. The third-order valence-corrected chi connectivity index (χ3v) is 4.55. The topological polar surface area (TPSA) is 39.6 Å². The molecule has 3 nitrogen and oxygen atoms in total. The molecule has 0 aromatic heterocycles. The molecule has 0 unspecified atom stereocenters. The molecule has 1 fully saturated rings. The standard InChI is InChI=1S/C15H19ClN2O/c1-14(2)12(17)15(3,4)13(14)19-9-6-7-11(18-5)10(16)8-9/h6-8,12-13H,17H2,1-4H3. The molecule has 0 aliphatic heterocycles. The zero-order valence-electron chi connectivity index (χ0n) is 11.7. The second-order valence-corrected chi connectivity index (χ2v) is 6.75. The maximum atomic E-state index is 6.98. The molecule has 1 aliphatic carbocycles. The Balaban J connectivity index is 2.23. The highest BCUT2D eigenvalue weighted by atomic mass is 35.5. The highest BCUT2D eigenvalue weighted by Crippen LogP contribution is 2.54. The van der Waals surface area contributed by atoms with E-state index in [2.05, 4.69) is 32.5 Å². The Bertz CT molecular complexity index is 530. The van der Waals surface area contributed by atoms with Crippen molar-refractivity contribution in [1.29, 1.82) is 0 Å². The van der Waals surface area contributed by atoms with E-state index in [1.165, 1.54) is 0 Å². The summed E-state index contributed by atoms with van der Waals surface area (Å²) >= 11 is 6.03. The van der Waals surface area contributed by atoms with Gasteiger partial charge in [-0.2, -0.15) is 0 Å². The smallest absolute Gasteiger partial charge is 0.205 e. The number of nitrogens with zero attached hydrogens (tertiary/aromatic N) is 1. The van der Waals surface area contributed by atoms with Gasteiger partial charge in [-0.15, -0.1) is 0 Å². The summed E-state index contributed by atoms with van der Waals surface area (Å²) < 4.78 is 6.06. The molecule has 2 rings (SSSR count). The van der Waals surface area contributed by atoms with Crippen LogP contribution in [0.25, 0.3) is 4.85 Å². The van der Waals surface area contributed by atoms with Crippen molar-refractivity contribution in [2.75, 3.05) is 0 Å². The average molecular weight is 279 g/mol. The van der Waals surface area contributed by atoms with Crippen LogP contribution in [0.15, 0.2) is 18.2 Å². The molecule has 1 aliphatic rings. The third-order valence-electron chi connectivity index (χ3n) is 4.25. The van der Waals surface area contributed by atoms with Crippen LogP contribution in [0, 0.1) is 17.4 Å². The molecular formula is C15H19ClN2O. The van der Waals surface area contributed by atoms with E-state index in [0.29, 0.717) is 16.5 Å². The lowest BCUT2D eigenvalue weighted by molar-refractivity contribution is -0.155. The molecule has 0 atom stereocenters. The van der Waals surface area contributed by atoms with Gasteiger partial charge in [-0.3, -0.25) is 0 Å². The van der Waals surface area contributed by atoms with E-state index in [9.17, 15) is 0 Å². The fourth-order valence-corrected chi connectivity index (χ4v) is 3.45. The third kappa shape index (κ3) is 2.09. The maximum absolute atomic E-state index is 6.98. The molecule has 19 heavy (non-hydrogen) atoms. The summed E-state index contributed by atoms with van der Waals surface area (Å²) in [5, 5.41) is 0.423. The van der Waals surface area contributed by atoms with Gasteiger partial charge in [0, 0.05) is 16.9 Å². The Labute approximate surface area is 119 Å². The molecule has 1 aromatic carbocycles. The van der Waals surface area contributed by atoms with Crippen molar-refractivity contribution in [3.8, 4) is 5.75 Å². The van der Waals surface area contributed by atoms with Gasteiger partial charge in [0.1, 0.15) is 11.9 Å². The van der Waals surface area contributed by atoms with E-state index >= 15 is 0 Å². The Morgan fingerprint density at radius 1 is 1.26 bits per heavy atom. The summed E-state index contributed by atoms with van der Waals surface area (Å²) in [6.45, 7) is 15.4. The van der Waals surface area contributed by atoms with Gasteiger partial charge in [0.05, 0.1) is 11.6 Å². The first-order chi connectivity index (χ1) is 8.71. The van der Waals surface area contributed by atoms with Crippen molar-refractivity contribution in [2.24, 2.45) is 16.6 Å². The van der Waals surface area contributed by atoms with E-state index in [-0.39, 0.29) is 23.0 Å². The molecule has 0 heterocycles. The highest BCUT2D eigenvalue weighted by molar-refractivity contribution is 6.33. The normalized spacial score (nSPS) is 27.2. The summed E-state index contributed by atoms with van der Waals surface area (Å²) in [7, 11) is 0. The molecule has 0 amide bonds. The largest absolute Gasteiger partial charge is 0.489 e.